The Balaban J connectivity index is 1.78. The van der Waals surface area contributed by atoms with E-state index < -0.39 is 17.6 Å². The van der Waals surface area contributed by atoms with Crippen LogP contribution in [0.1, 0.15) is 59.7 Å². The summed E-state index contributed by atoms with van der Waals surface area (Å²) in [6.45, 7) is 3.63. The second-order valence-electron chi connectivity index (χ2n) is 6.69. The van der Waals surface area contributed by atoms with E-state index >= 15 is 0 Å². The topological polar surface area (TPSA) is 97.6 Å². The standard InChI is InChI=1S/C18H24N2O5/c1-11-10-14(12-5-8-24-9-6-12)25-18(23)15(11)17(22)20-13-4-2-3-7-19-16(13)21/h10,12-13H,2-9H2,1H3,(H,19,21)(H,20,22). The van der Waals surface area contributed by atoms with E-state index in [0.717, 1.165) is 25.7 Å². The maximum Gasteiger partial charge on any atom is 0.349 e. The third kappa shape index (κ3) is 4.10. The van der Waals surface area contributed by atoms with Crippen LogP contribution in [-0.4, -0.2) is 37.6 Å². The molecular formula is C18H24N2O5. The zero-order chi connectivity index (χ0) is 17.8. The lowest BCUT2D eigenvalue weighted by molar-refractivity contribution is -0.122. The number of nitrogens with one attached hydrogen (secondary N) is 2. The lowest BCUT2D eigenvalue weighted by atomic mass is 9.95. The molecule has 3 rings (SSSR count). The first-order chi connectivity index (χ1) is 12.1. The Labute approximate surface area is 146 Å². The summed E-state index contributed by atoms with van der Waals surface area (Å²) < 4.78 is 10.7. The number of hydrogen-bond donors (Lipinski definition) is 2. The molecular weight excluding hydrogens is 324 g/mol. The van der Waals surface area contributed by atoms with Gasteiger partial charge in [-0.3, -0.25) is 9.59 Å². The molecule has 25 heavy (non-hydrogen) atoms. The molecule has 1 unspecified atom stereocenters. The molecule has 7 nitrogen and oxygen atoms in total. The van der Waals surface area contributed by atoms with Gasteiger partial charge >= 0.3 is 5.63 Å². The number of amides is 2. The molecule has 2 N–H and O–H groups in total. The van der Waals surface area contributed by atoms with E-state index in [-0.39, 0.29) is 17.4 Å². The van der Waals surface area contributed by atoms with Crippen LogP contribution in [0.4, 0.5) is 0 Å². The molecule has 7 heteroatoms. The van der Waals surface area contributed by atoms with E-state index in [1.807, 2.05) is 0 Å². The van der Waals surface area contributed by atoms with E-state index in [9.17, 15) is 14.4 Å². The van der Waals surface area contributed by atoms with Crippen LogP contribution in [0.25, 0.3) is 0 Å². The molecule has 1 atom stereocenters. The summed E-state index contributed by atoms with van der Waals surface area (Å²) in [6.07, 6.45) is 3.91. The van der Waals surface area contributed by atoms with Crippen molar-refractivity contribution in [3.63, 3.8) is 0 Å². The van der Waals surface area contributed by atoms with Crippen LogP contribution in [0.5, 0.6) is 0 Å². The fourth-order valence-electron chi connectivity index (χ4n) is 3.40. The third-order valence-corrected chi connectivity index (χ3v) is 4.86. The fraction of sp³-hybridized carbons (Fsp3) is 0.611. The van der Waals surface area contributed by atoms with Gasteiger partial charge in [0.1, 0.15) is 17.4 Å². The minimum atomic E-state index is -0.645. The van der Waals surface area contributed by atoms with Gasteiger partial charge in [-0.05, 0) is 50.7 Å². The molecule has 0 radical (unpaired) electrons. The van der Waals surface area contributed by atoms with Gasteiger partial charge in [-0.15, -0.1) is 0 Å². The largest absolute Gasteiger partial charge is 0.427 e. The van der Waals surface area contributed by atoms with Crippen molar-refractivity contribution in [3.8, 4) is 0 Å². The first-order valence-electron chi connectivity index (χ1n) is 8.87. The smallest absolute Gasteiger partial charge is 0.349 e. The molecule has 2 aliphatic rings. The van der Waals surface area contributed by atoms with Gasteiger partial charge < -0.3 is 19.8 Å². The molecule has 1 aromatic heterocycles. The molecule has 0 aliphatic carbocycles. The first-order valence-corrected chi connectivity index (χ1v) is 8.87. The van der Waals surface area contributed by atoms with Crippen molar-refractivity contribution in [1.29, 1.82) is 0 Å². The predicted molar refractivity (Wildman–Crippen MR) is 90.6 cm³/mol. The van der Waals surface area contributed by atoms with Crippen molar-refractivity contribution in [2.75, 3.05) is 19.8 Å². The fourth-order valence-corrected chi connectivity index (χ4v) is 3.40. The normalized spacial score (nSPS) is 22.1. The zero-order valence-electron chi connectivity index (χ0n) is 14.4. The van der Waals surface area contributed by atoms with Crippen molar-refractivity contribution in [1.82, 2.24) is 10.6 Å². The van der Waals surface area contributed by atoms with Crippen LogP contribution in [0.2, 0.25) is 0 Å². The van der Waals surface area contributed by atoms with Crippen molar-refractivity contribution in [2.45, 2.75) is 51.0 Å². The lowest BCUT2D eigenvalue weighted by Gasteiger charge is -2.21. The summed E-state index contributed by atoms with van der Waals surface area (Å²) in [5, 5.41) is 5.44. The molecule has 2 aliphatic heterocycles. The molecule has 0 bridgehead atoms. The number of aryl methyl sites for hydroxylation is 1. The zero-order valence-corrected chi connectivity index (χ0v) is 14.4. The summed E-state index contributed by atoms with van der Waals surface area (Å²) in [7, 11) is 0. The van der Waals surface area contributed by atoms with Crippen molar-refractivity contribution in [2.24, 2.45) is 0 Å². The van der Waals surface area contributed by atoms with Crippen molar-refractivity contribution >= 4 is 11.8 Å². The van der Waals surface area contributed by atoms with Gasteiger partial charge in [0.05, 0.1) is 0 Å². The van der Waals surface area contributed by atoms with Gasteiger partial charge in [0.15, 0.2) is 0 Å². The third-order valence-electron chi connectivity index (χ3n) is 4.86. The second-order valence-corrected chi connectivity index (χ2v) is 6.69. The molecule has 0 spiro atoms. The minimum absolute atomic E-state index is 0.0205. The van der Waals surface area contributed by atoms with Crippen LogP contribution in [0.15, 0.2) is 15.3 Å². The number of ether oxygens (including phenoxy) is 1. The van der Waals surface area contributed by atoms with Crippen LogP contribution in [0, 0.1) is 6.92 Å². The molecule has 2 amide bonds. The second kappa shape index (κ2) is 7.82. The highest BCUT2D eigenvalue weighted by molar-refractivity contribution is 5.98. The van der Waals surface area contributed by atoms with Gasteiger partial charge in [-0.2, -0.15) is 0 Å². The average molecular weight is 348 g/mol. The van der Waals surface area contributed by atoms with Crippen molar-refractivity contribution in [3.05, 3.63) is 33.4 Å². The number of hydrogen-bond acceptors (Lipinski definition) is 5. The van der Waals surface area contributed by atoms with Crippen LogP contribution >= 0.6 is 0 Å². The summed E-state index contributed by atoms with van der Waals surface area (Å²) >= 11 is 0. The Bertz CT molecular complexity index is 706. The van der Waals surface area contributed by atoms with E-state index in [1.165, 1.54) is 0 Å². The molecule has 136 valence electrons. The molecule has 0 aromatic carbocycles. The quantitative estimate of drug-likeness (QED) is 0.856. The average Bonchev–Trinajstić information content (AvgIpc) is 2.79. The molecule has 0 saturated carbocycles. The Morgan fingerprint density at radius 2 is 1.96 bits per heavy atom. The minimum Gasteiger partial charge on any atom is -0.427 e. The maximum absolute atomic E-state index is 12.5. The first kappa shape index (κ1) is 17.7. The Morgan fingerprint density at radius 3 is 2.68 bits per heavy atom. The number of carbonyl (C=O) groups is 2. The molecule has 2 fully saturated rings. The van der Waals surface area contributed by atoms with Gasteiger partial charge in [-0.25, -0.2) is 4.79 Å². The van der Waals surface area contributed by atoms with Crippen molar-refractivity contribution < 1.29 is 18.7 Å². The molecule has 1 aromatic rings. The Hall–Kier alpha value is -2.15. The van der Waals surface area contributed by atoms with Crippen LogP contribution < -0.4 is 16.3 Å². The summed E-state index contributed by atoms with van der Waals surface area (Å²) in [5.41, 5.74) is -0.0925. The summed E-state index contributed by atoms with van der Waals surface area (Å²) in [4.78, 5) is 36.9. The van der Waals surface area contributed by atoms with Gasteiger partial charge in [0, 0.05) is 25.7 Å². The predicted octanol–water partition coefficient (Wildman–Crippen LogP) is 1.24. The lowest BCUT2D eigenvalue weighted by Crippen LogP contribution is -2.46. The Kier molecular flexibility index (Phi) is 5.53. The number of rotatable bonds is 3. The van der Waals surface area contributed by atoms with Crippen LogP contribution in [-0.2, 0) is 9.53 Å². The molecule has 3 heterocycles. The van der Waals surface area contributed by atoms with E-state index in [0.29, 0.717) is 37.5 Å². The van der Waals surface area contributed by atoms with E-state index in [2.05, 4.69) is 10.6 Å². The number of carbonyl (C=O) groups excluding carboxylic acids is 2. The van der Waals surface area contributed by atoms with E-state index in [4.69, 9.17) is 9.15 Å². The van der Waals surface area contributed by atoms with Gasteiger partial charge in [0.25, 0.3) is 5.91 Å². The van der Waals surface area contributed by atoms with Gasteiger partial charge in [0.2, 0.25) is 5.91 Å². The summed E-state index contributed by atoms with van der Waals surface area (Å²) in [6, 6.07) is 1.16. The van der Waals surface area contributed by atoms with Gasteiger partial charge in [-0.1, -0.05) is 0 Å². The Morgan fingerprint density at radius 1 is 1.20 bits per heavy atom. The van der Waals surface area contributed by atoms with E-state index in [1.54, 1.807) is 13.0 Å². The summed E-state index contributed by atoms with van der Waals surface area (Å²) in [5.74, 6) is -0.00185. The monoisotopic (exact) mass is 348 g/mol. The highest BCUT2D eigenvalue weighted by Crippen LogP contribution is 2.27. The SMILES string of the molecule is Cc1cc(C2CCOCC2)oc(=O)c1C(=O)NC1CCCCNC1=O. The highest BCUT2D eigenvalue weighted by Gasteiger charge is 2.27. The maximum atomic E-state index is 12.5. The highest BCUT2D eigenvalue weighted by atomic mass is 16.5. The van der Waals surface area contributed by atoms with Crippen LogP contribution in [0.3, 0.4) is 0 Å². The molecule has 2 saturated heterocycles.